The number of benzene rings is 5. The van der Waals surface area contributed by atoms with Crippen molar-refractivity contribution >= 4 is 0 Å². The highest BCUT2D eigenvalue weighted by atomic mass is 16.3. The minimum absolute atomic E-state index is 0.00151. The second-order valence-corrected chi connectivity index (χ2v) is 20.9. The van der Waals surface area contributed by atoms with Crippen molar-refractivity contribution in [2.45, 2.75) is 156 Å². The summed E-state index contributed by atoms with van der Waals surface area (Å²) in [7, 11) is 0. The molecule has 0 atom stereocenters. The van der Waals surface area contributed by atoms with Crippen molar-refractivity contribution in [3.63, 3.8) is 0 Å². The summed E-state index contributed by atoms with van der Waals surface area (Å²) in [6.07, 6.45) is 0. The second kappa shape index (κ2) is 15.2. The molecular formula is C54H70O. The van der Waals surface area contributed by atoms with Crippen molar-refractivity contribution in [1.29, 1.82) is 0 Å². The van der Waals surface area contributed by atoms with E-state index < -0.39 is 5.60 Å². The predicted octanol–water partition coefficient (Wildman–Crippen LogP) is 14.6. The summed E-state index contributed by atoms with van der Waals surface area (Å²) in [6.45, 7) is 36.3. The average Bonchev–Trinajstić information content (AvgIpc) is 3.10. The van der Waals surface area contributed by atoms with Gasteiger partial charge in [-0.3, -0.25) is 0 Å². The highest BCUT2D eigenvalue weighted by molar-refractivity contribution is 5.58. The molecule has 0 aliphatic heterocycles. The quantitative estimate of drug-likeness (QED) is 0.157. The molecule has 0 fully saturated rings. The maximum atomic E-state index is 13.8. The van der Waals surface area contributed by atoms with E-state index >= 15 is 0 Å². The van der Waals surface area contributed by atoms with E-state index in [9.17, 15) is 5.11 Å². The maximum Gasteiger partial charge on any atom is 0.140 e. The molecule has 0 spiro atoms. The molecule has 0 heterocycles. The van der Waals surface area contributed by atoms with Crippen LogP contribution in [0.25, 0.3) is 0 Å². The number of rotatable bonds is 8. The Hall–Kier alpha value is -3.94. The van der Waals surface area contributed by atoms with E-state index in [1.54, 1.807) is 0 Å². The van der Waals surface area contributed by atoms with Crippen molar-refractivity contribution in [3.8, 4) is 0 Å². The Morgan fingerprint density at radius 3 is 0.891 bits per heavy atom. The minimum atomic E-state index is -1.40. The van der Waals surface area contributed by atoms with Gasteiger partial charge < -0.3 is 5.11 Å². The molecule has 1 heteroatoms. The van der Waals surface area contributed by atoms with E-state index in [4.69, 9.17) is 0 Å². The van der Waals surface area contributed by atoms with Gasteiger partial charge >= 0.3 is 0 Å². The summed E-state index contributed by atoms with van der Waals surface area (Å²) in [5.41, 5.74) is 12.9. The summed E-state index contributed by atoms with van der Waals surface area (Å²) >= 11 is 0. The molecule has 5 rings (SSSR count). The van der Waals surface area contributed by atoms with Gasteiger partial charge in [0.15, 0.2) is 0 Å². The fourth-order valence-corrected chi connectivity index (χ4v) is 8.00. The Kier molecular flexibility index (Phi) is 11.7. The van der Waals surface area contributed by atoms with Crippen molar-refractivity contribution in [2.75, 3.05) is 0 Å². The highest BCUT2D eigenvalue weighted by Crippen LogP contribution is 2.47. The Morgan fingerprint density at radius 2 is 0.618 bits per heavy atom. The van der Waals surface area contributed by atoms with Gasteiger partial charge in [0.2, 0.25) is 0 Å². The van der Waals surface area contributed by atoms with E-state index in [0.29, 0.717) is 0 Å². The van der Waals surface area contributed by atoms with Gasteiger partial charge in [-0.1, -0.05) is 220 Å². The first-order chi connectivity index (χ1) is 25.3. The van der Waals surface area contributed by atoms with Crippen molar-refractivity contribution in [1.82, 2.24) is 0 Å². The van der Waals surface area contributed by atoms with Gasteiger partial charge in [0.05, 0.1) is 0 Å². The van der Waals surface area contributed by atoms with E-state index in [1.807, 2.05) is 0 Å². The van der Waals surface area contributed by atoms with E-state index in [2.05, 4.69) is 220 Å². The molecular weight excluding hydrogens is 665 g/mol. The van der Waals surface area contributed by atoms with Gasteiger partial charge in [-0.2, -0.15) is 0 Å². The van der Waals surface area contributed by atoms with E-state index in [1.165, 1.54) is 50.1 Å². The number of hydrogen-bond donors (Lipinski definition) is 1. The Bertz CT molecular complexity index is 1930. The zero-order valence-electron chi connectivity index (χ0n) is 37.1. The molecule has 5 aromatic carbocycles. The molecule has 0 amide bonds. The van der Waals surface area contributed by atoms with Crippen LogP contribution in [0.15, 0.2) is 109 Å². The van der Waals surface area contributed by atoms with E-state index in [0.717, 1.165) is 16.7 Å². The molecule has 1 N–H and O–H groups in total. The molecule has 0 aliphatic rings. The summed E-state index contributed by atoms with van der Waals surface area (Å²) < 4.78 is 0. The van der Waals surface area contributed by atoms with Crippen LogP contribution in [0.3, 0.4) is 0 Å². The first-order valence-electron chi connectivity index (χ1n) is 20.7. The smallest absolute Gasteiger partial charge is 0.140 e. The third-order valence-corrected chi connectivity index (χ3v) is 11.8. The normalized spacial score (nSPS) is 13.3. The van der Waals surface area contributed by atoms with Gasteiger partial charge in [-0.25, -0.2) is 0 Å². The molecule has 55 heavy (non-hydrogen) atoms. The van der Waals surface area contributed by atoms with Crippen LogP contribution in [-0.4, -0.2) is 5.11 Å². The highest BCUT2D eigenvalue weighted by Gasteiger charge is 2.39. The SMILES string of the molecule is CC(C)c1cc(C(C)C)c(C(O)(c2ccc(C(C)(C)C)cc2)c2ccc(C(C)(C)C)cc2)cc1C(c1ccc(C(C)(C)C)cc1)c1ccc(C(C)(C)C)cc1. The Labute approximate surface area is 335 Å². The lowest BCUT2D eigenvalue weighted by Gasteiger charge is -2.36. The molecule has 0 radical (unpaired) electrons. The predicted molar refractivity (Wildman–Crippen MR) is 238 cm³/mol. The van der Waals surface area contributed by atoms with Crippen LogP contribution in [0.1, 0.15) is 195 Å². The van der Waals surface area contributed by atoms with Gasteiger partial charge in [-0.05, 0) is 100 Å². The van der Waals surface area contributed by atoms with Gasteiger partial charge in [-0.15, -0.1) is 0 Å². The topological polar surface area (TPSA) is 20.2 Å². The molecule has 0 aromatic heterocycles. The molecule has 0 aliphatic carbocycles. The van der Waals surface area contributed by atoms with Crippen LogP contribution in [0.2, 0.25) is 0 Å². The van der Waals surface area contributed by atoms with E-state index in [-0.39, 0.29) is 39.4 Å². The maximum absolute atomic E-state index is 13.8. The monoisotopic (exact) mass is 735 g/mol. The van der Waals surface area contributed by atoms with Crippen LogP contribution in [-0.2, 0) is 27.3 Å². The van der Waals surface area contributed by atoms with Crippen molar-refractivity contribution in [2.24, 2.45) is 0 Å². The minimum Gasteiger partial charge on any atom is -0.376 e. The van der Waals surface area contributed by atoms with Crippen LogP contribution in [0.4, 0.5) is 0 Å². The van der Waals surface area contributed by atoms with Crippen LogP contribution >= 0.6 is 0 Å². The fraction of sp³-hybridized carbons (Fsp3) is 0.444. The summed E-state index contributed by atoms with van der Waals surface area (Å²) in [4.78, 5) is 0. The summed E-state index contributed by atoms with van der Waals surface area (Å²) in [5.74, 6) is 0.430. The van der Waals surface area contributed by atoms with Crippen LogP contribution in [0.5, 0.6) is 0 Å². The zero-order chi connectivity index (χ0) is 40.9. The number of hydrogen-bond acceptors (Lipinski definition) is 1. The van der Waals surface area contributed by atoms with Crippen LogP contribution < -0.4 is 0 Å². The molecule has 0 saturated heterocycles. The standard InChI is InChI=1S/C54H70O/c1-35(2)45-33-46(36(3)4)48(54(55,43-29-25-41(26-30-43)52(11,12)13)44-31-27-42(28-32-44)53(14,15)16)34-47(45)49(37-17-21-39(22-18-37)50(5,6)7)38-19-23-40(24-20-38)51(8,9)10/h17-36,49,55H,1-16H3. The molecule has 0 saturated carbocycles. The second-order valence-electron chi connectivity index (χ2n) is 20.9. The fourth-order valence-electron chi connectivity index (χ4n) is 8.00. The van der Waals surface area contributed by atoms with Crippen molar-refractivity contribution < 1.29 is 5.11 Å². The van der Waals surface area contributed by atoms with Crippen molar-refractivity contribution in [3.05, 3.63) is 176 Å². The Morgan fingerprint density at radius 1 is 0.345 bits per heavy atom. The molecule has 1 nitrogen and oxygen atoms in total. The molecule has 0 unspecified atom stereocenters. The lowest BCUT2D eigenvalue weighted by molar-refractivity contribution is 0.124. The number of aliphatic hydroxyl groups is 1. The Balaban J connectivity index is 1.89. The summed E-state index contributed by atoms with van der Waals surface area (Å²) in [5, 5.41) is 13.8. The summed E-state index contributed by atoms with van der Waals surface area (Å²) in [6, 6.07) is 40.9. The molecule has 292 valence electrons. The first kappa shape index (κ1) is 42.2. The lowest BCUT2D eigenvalue weighted by Crippen LogP contribution is -2.31. The average molecular weight is 735 g/mol. The third kappa shape index (κ3) is 8.89. The first-order valence-corrected chi connectivity index (χ1v) is 20.7. The lowest BCUT2D eigenvalue weighted by atomic mass is 9.71. The molecule has 0 bridgehead atoms. The largest absolute Gasteiger partial charge is 0.376 e. The van der Waals surface area contributed by atoms with Gasteiger partial charge in [0, 0.05) is 5.92 Å². The van der Waals surface area contributed by atoms with Gasteiger partial charge in [0.25, 0.3) is 0 Å². The van der Waals surface area contributed by atoms with Crippen LogP contribution in [0, 0.1) is 0 Å². The van der Waals surface area contributed by atoms with Gasteiger partial charge in [0.1, 0.15) is 5.60 Å². The third-order valence-electron chi connectivity index (χ3n) is 11.8. The zero-order valence-corrected chi connectivity index (χ0v) is 37.1. The molecule has 5 aromatic rings.